The van der Waals surface area contributed by atoms with E-state index in [0.717, 1.165) is 22.8 Å². The van der Waals surface area contributed by atoms with Crippen LogP contribution >= 0.6 is 11.7 Å². The fraction of sp³-hybridized carbons (Fsp3) is 0.444. The van der Waals surface area contributed by atoms with E-state index in [1.807, 2.05) is 45.0 Å². The first-order valence-electron chi connectivity index (χ1n) is 9.21. The Kier molecular flexibility index (Phi) is 6.18. The lowest BCUT2D eigenvalue weighted by Crippen LogP contribution is -2.50. The molecule has 1 aliphatic heterocycles. The van der Waals surface area contributed by atoms with Gasteiger partial charge in [0.25, 0.3) is 0 Å². The molecule has 1 aliphatic rings. The van der Waals surface area contributed by atoms with E-state index >= 15 is 0 Å². The van der Waals surface area contributed by atoms with Crippen LogP contribution in [0.3, 0.4) is 0 Å². The Morgan fingerprint density at radius 3 is 2.45 bits per heavy atom. The van der Waals surface area contributed by atoms with E-state index in [9.17, 15) is 4.79 Å². The van der Waals surface area contributed by atoms with E-state index in [0.29, 0.717) is 26.2 Å². The minimum Gasteiger partial charge on any atom is -0.444 e. The van der Waals surface area contributed by atoms with Crippen molar-refractivity contribution < 1.29 is 9.53 Å². The summed E-state index contributed by atoms with van der Waals surface area (Å²) in [7, 11) is 0. The van der Waals surface area contributed by atoms with E-state index in [1.54, 1.807) is 4.90 Å². The Balaban J connectivity index is 1.68. The molecule has 1 fully saturated rings. The van der Waals surface area contributed by atoms with Crippen LogP contribution in [0.2, 0.25) is 0 Å². The second-order valence-electron chi connectivity index (χ2n) is 7.61. The molecule has 0 bridgehead atoms. The van der Waals surface area contributed by atoms with Gasteiger partial charge in [0.15, 0.2) is 5.82 Å². The Hall–Kier alpha value is -2.92. The van der Waals surface area contributed by atoms with Crippen LogP contribution in [0, 0.1) is 0 Å². The van der Waals surface area contributed by atoms with Gasteiger partial charge in [-0.1, -0.05) is 12.1 Å². The van der Waals surface area contributed by atoms with Gasteiger partial charge in [-0.05, 0) is 32.9 Å². The standard InChI is InChI=1S/C18H26N8O2S/c1-18(2,3)28-17(27)25-10-8-24(9-11-25)16-15(22-29-23-16)13-4-6-14(7-5-13)26(20)12-21-19/h4-7,12H,8-11,19-20H2,1-3H3/b21-12-. The highest BCUT2D eigenvalue weighted by Gasteiger charge is 2.28. The normalized spacial score (nSPS) is 15.0. The van der Waals surface area contributed by atoms with Gasteiger partial charge in [-0.2, -0.15) is 13.8 Å². The predicted molar refractivity (Wildman–Crippen MR) is 115 cm³/mol. The summed E-state index contributed by atoms with van der Waals surface area (Å²) in [4.78, 5) is 16.1. The lowest BCUT2D eigenvalue weighted by atomic mass is 10.1. The van der Waals surface area contributed by atoms with E-state index in [2.05, 4.69) is 18.7 Å². The molecule has 0 atom stereocenters. The molecule has 11 heteroatoms. The molecule has 0 aliphatic carbocycles. The lowest BCUT2D eigenvalue weighted by Gasteiger charge is -2.35. The molecule has 156 valence electrons. The summed E-state index contributed by atoms with van der Waals surface area (Å²) in [6.45, 7) is 8.08. The molecule has 1 amide bonds. The monoisotopic (exact) mass is 418 g/mol. The first kappa shape index (κ1) is 20.8. The number of rotatable bonds is 4. The van der Waals surface area contributed by atoms with Crippen molar-refractivity contribution in [3.8, 4) is 11.3 Å². The molecular formula is C18H26N8O2S. The third-order valence-corrected chi connectivity index (χ3v) is 4.85. The first-order valence-corrected chi connectivity index (χ1v) is 9.94. The topological polar surface area (TPSA) is 126 Å². The predicted octanol–water partition coefficient (Wildman–Crippen LogP) is 1.84. The fourth-order valence-electron chi connectivity index (χ4n) is 2.93. The van der Waals surface area contributed by atoms with Gasteiger partial charge >= 0.3 is 6.09 Å². The molecular weight excluding hydrogens is 392 g/mol. The van der Waals surface area contributed by atoms with Gasteiger partial charge in [0, 0.05) is 31.7 Å². The van der Waals surface area contributed by atoms with Crippen molar-refractivity contribution in [1.29, 1.82) is 0 Å². The van der Waals surface area contributed by atoms with Crippen molar-refractivity contribution in [2.24, 2.45) is 16.8 Å². The molecule has 0 spiro atoms. The Bertz CT molecular complexity index is 853. The summed E-state index contributed by atoms with van der Waals surface area (Å²) < 4.78 is 14.4. The Morgan fingerprint density at radius 2 is 1.86 bits per heavy atom. The number of hydrogen-bond acceptors (Lipinski definition) is 9. The van der Waals surface area contributed by atoms with E-state index in [4.69, 9.17) is 16.4 Å². The fourth-order valence-corrected chi connectivity index (χ4v) is 3.52. The summed E-state index contributed by atoms with van der Waals surface area (Å²) in [6.07, 6.45) is 1.05. The number of ether oxygens (including phenoxy) is 1. The van der Waals surface area contributed by atoms with Gasteiger partial charge in [0.2, 0.25) is 0 Å². The summed E-state index contributed by atoms with van der Waals surface area (Å²) in [6, 6.07) is 7.58. The average Bonchev–Trinajstić information content (AvgIpc) is 3.17. The number of carbonyl (C=O) groups is 1. The maximum absolute atomic E-state index is 12.3. The Labute approximate surface area is 174 Å². The van der Waals surface area contributed by atoms with Crippen molar-refractivity contribution >= 4 is 35.7 Å². The third kappa shape index (κ3) is 5.12. The molecule has 0 unspecified atom stereocenters. The van der Waals surface area contributed by atoms with E-state index in [-0.39, 0.29) is 6.09 Å². The summed E-state index contributed by atoms with van der Waals surface area (Å²) >= 11 is 1.17. The summed E-state index contributed by atoms with van der Waals surface area (Å²) in [5.41, 5.74) is 1.99. The molecule has 1 saturated heterocycles. The number of anilines is 2. The number of nitrogens with zero attached hydrogens (tertiary/aromatic N) is 6. The number of piperazine rings is 1. The number of hydrogen-bond donors (Lipinski definition) is 2. The van der Waals surface area contributed by atoms with Crippen molar-refractivity contribution in [2.75, 3.05) is 36.1 Å². The maximum Gasteiger partial charge on any atom is 0.410 e. The lowest BCUT2D eigenvalue weighted by molar-refractivity contribution is 0.0240. The highest BCUT2D eigenvalue weighted by molar-refractivity contribution is 6.99. The average molecular weight is 419 g/mol. The van der Waals surface area contributed by atoms with Crippen LogP contribution in [0.4, 0.5) is 16.3 Å². The van der Waals surface area contributed by atoms with Crippen LogP contribution < -0.4 is 21.6 Å². The molecule has 4 N–H and O–H groups in total. The molecule has 1 aromatic heterocycles. The zero-order chi connectivity index (χ0) is 21.0. The molecule has 2 aromatic rings. The largest absolute Gasteiger partial charge is 0.444 e. The number of benzene rings is 1. The summed E-state index contributed by atoms with van der Waals surface area (Å²) in [5.74, 6) is 11.8. The third-order valence-electron chi connectivity index (χ3n) is 4.33. The zero-order valence-corrected chi connectivity index (χ0v) is 17.6. The molecule has 2 heterocycles. The minimum atomic E-state index is -0.499. The maximum atomic E-state index is 12.3. The van der Waals surface area contributed by atoms with Gasteiger partial charge in [-0.25, -0.2) is 10.6 Å². The van der Waals surface area contributed by atoms with Crippen LogP contribution in [0.15, 0.2) is 29.4 Å². The van der Waals surface area contributed by atoms with Gasteiger partial charge in [-0.15, -0.1) is 0 Å². The van der Waals surface area contributed by atoms with Gasteiger partial charge < -0.3 is 20.4 Å². The van der Waals surface area contributed by atoms with Crippen LogP contribution in [0.5, 0.6) is 0 Å². The van der Waals surface area contributed by atoms with Crippen LogP contribution in [0.1, 0.15) is 20.8 Å². The smallest absolute Gasteiger partial charge is 0.410 e. The molecule has 29 heavy (non-hydrogen) atoms. The van der Waals surface area contributed by atoms with Crippen molar-refractivity contribution in [2.45, 2.75) is 26.4 Å². The van der Waals surface area contributed by atoms with Gasteiger partial charge in [-0.3, -0.25) is 5.01 Å². The van der Waals surface area contributed by atoms with Crippen molar-refractivity contribution in [3.63, 3.8) is 0 Å². The van der Waals surface area contributed by atoms with Crippen LogP contribution in [0.25, 0.3) is 11.3 Å². The minimum absolute atomic E-state index is 0.281. The Morgan fingerprint density at radius 1 is 1.21 bits per heavy atom. The molecule has 1 aromatic carbocycles. The zero-order valence-electron chi connectivity index (χ0n) is 16.8. The molecule has 3 rings (SSSR count). The highest BCUT2D eigenvalue weighted by atomic mass is 32.1. The number of nitrogens with two attached hydrogens (primary N) is 2. The number of hydrazine groups is 1. The van der Waals surface area contributed by atoms with Gasteiger partial charge in [0.1, 0.15) is 17.6 Å². The van der Waals surface area contributed by atoms with Crippen molar-refractivity contribution in [1.82, 2.24) is 13.6 Å². The van der Waals surface area contributed by atoms with E-state index < -0.39 is 5.60 Å². The second kappa shape index (κ2) is 8.62. The number of carbonyl (C=O) groups excluding carboxylic acids is 1. The second-order valence-corrected chi connectivity index (χ2v) is 8.14. The van der Waals surface area contributed by atoms with Crippen LogP contribution in [-0.2, 0) is 4.74 Å². The van der Waals surface area contributed by atoms with Crippen molar-refractivity contribution in [3.05, 3.63) is 24.3 Å². The molecule has 0 saturated carbocycles. The molecule has 10 nitrogen and oxygen atoms in total. The van der Waals surface area contributed by atoms with E-state index in [1.165, 1.54) is 23.1 Å². The number of hydrazone groups is 1. The first-order chi connectivity index (χ1) is 13.8. The van der Waals surface area contributed by atoms with Gasteiger partial charge in [0.05, 0.1) is 17.4 Å². The number of aromatic nitrogens is 2. The molecule has 0 radical (unpaired) electrons. The quantitative estimate of drug-likeness (QED) is 0.333. The van der Waals surface area contributed by atoms with Crippen LogP contribution in [-0.4, -0.2) is 57.9 Å². The number of amides is 1. The SMILES string of the molecule is CC(C)(C)OC(=O)N1CCN(c2nsnc2-c2ccc(N(N)/C=N\N)cc2)CC1. The summed E-state index contributed by atoms with van der Waals surface area (Å²) in [5, 5.41) is 4.74. The highest BCUT2D eigenvalue weighted by Crippen LogP contribution is 2.30.